The average molecular weight is 235 g/mol. The third-order valence-corrected chi connectivity index (χ3v) is 2.68. The molecule has 0 unspecified atom stereocenters. The Bertz CT molecular complexity index is 324. The Morgan fingerprint density at radius 3 is 2.53 bits per heavy atom. The predicted octanol–water partition coefficient (Wildman–Crippen LogP) is 2.11. The van der Waals surface area contributed by atoms with Crippen LogP contribution in [0.4, 0.5) is 0 Å². The second-order valence-corrected chi connectivity index (χ2v) is 4.09. The molecule has 0 amide bonds. The molecule has 0 aliphatic rings. The number of ether oxygens (including phenoxy) is 1. The summed E-state index contributed by atoms with van der Waals surface area (Å²) in [4.78, 5) is 13.4. The molecule has 0 radical (unpaired) electrons. The van der Waals surface area contributed by atoms with Crippen molar-refractivity contribution in [2.75, 3.05) is 26.7 Å². The van der Waals surface area contributed by atoms with Crippen LogP contribution in [-0.2, 0) is 16.0 Å². The SMILES string of the molecule is CCCN(CCc1ccccc1)CC(=O)OC. The first-order valence-electron chi connectivity index (χ1n) is 6.09. The molecular weight excluding hydrogens is 214 g/mol. The van der Waals surface area contributed by atoms with Gasteiger partial charge in [0, 0.05) is 6.54 Å². The van der Waals surface area contributed by atoms with E-state index in [0.29, 0.717) is 6.54 Å². The molecule has 3 heteroatoms. The molecule has 0 N–H and O–H groups in total. The first kappa shape index (κ1) is 13.7. The number of rotatable bonds is 7. The summed E-state index contributed by atoms with van der Waals surface area (Å²) in [5.74, 6) is -0.161. The maximum atomic E-state index is 11.2. The number of nitrogens with zero attached hydrogens (tertiary/aromatic N) is 1. The van der Waals surface area contributed by atoms with E-state index in [1.54, 1.807) is 0 Å². The van der Waals surface area contributed by atoms with E-state index in [2.05, 4.69) is 24.0 Å². The molecule has 0 aromatic heterocycles. The largest absolute Gasteiger partial charge is 0.468 e. The van der Waals surface area contributed by atoms with Gasteiger partial charge < -0.3 is 4.74 Å². The van der Waals surface area contributed by atoms with Crippen LogP contribution in [0, 0.1) is 0 Å². The van der Waals surface area contributed by atoms with Gasteiger partial charge in [-0.3, -0.25) is 9.69 Å². The first-order chi connectivity index (χ1) is 8.26. The lowest BCUT2D eigenvalue weighted by molar-refractivity contribution is -0.141. The van der Waals surface area contributed by atoms with E-state index in [1.165, 1.54) is 12.7 Å². The van der Waals surface area contributed by atoms with Crippen LogP contribution in [0.25, 0.3) is 0 Å². The second-order valence-electron chi connectivity index (χ2n) is 4.09. The molecule has 17 heavy (non-hydrogen) atoms. The van der Waals surface area contributed by atoms with Gasteiger partial charge in [0.2, 0.25) is 0 Å². The van der Waals surface area contributed by atoms with E-state index in [4.69, 9.17) is 4.74 Å². The molecule has 0 aliphatic heterocycles. The molecule has 1 rings (SSSR count). The van der Waals surface area contributed by atoms with E-state index in [-0.39, 0.29) is 5.97 Å². The Morgan fingerprint density at radius 2 is 1.94 bits per heavy atom. The highest BCUT2D eigenvalue weighted by molar-refractivity contribution is 5.71. The van der Waals surface area contributed by atoms with Crippen molar-refractivity contribution >= 4 is 5.97 Å². The Balaban J connectivity index is 2.41. The molecule has 0 spiro atoms. The van der Waals surface area contributed by atoms with Crippen molar-refractivity contribution in [3.05, 3.63) is 35.9 Å². The van der Waals surface area contributed by atoms with E-state index in [9.17, 15) is 4.79 Å². The van der Waals surface area contributed by atoms with E-state index >= 15 is 0 Å². The number of hydrogen-bond acceptors (Lipinski definition) is 3. The highest BCUT2D eigenvalue weighted by Gasteiger charge is 2.09. The molecule has 1 aromatic rings. The van der Waals surface area contributed by atoms with Crippen LogP contribution < -0.4 is 0 Å². The fourth-order valence-electron chi connectivity index (χ4n) is 1.77. The number of carbonyl (C=O) groups excluding carboxylic acids is 1. The standard InChI is InChI=1S/C14H21NO2/c1-3-10-15(12-14(16)17-2)11-9-13-7-5-4-6-8-13/h4-8H,3,9-12H2,1-2H3. The minimum Gasteiger partial charge on any atom is -0.468 e. The van der Waals surface area contributed by atoms with Crippen molar-refractivity contribution in [1.82, 2.24) is 4.90 Å². The van der Waals surface area contributed by atoms with Crippen LogP contribution in [-0.4, -0.2) is 37.6 Å². The molecule has 0 atom stereocenters. The third-order valence-electron chi connectivity index (χ3n) is 2.68. The number of methoxy groups -OCH3 is 1. The molecule has 0 bridgehead atoms. The summed E-state index contributed by atoms with van der Waals surface area (Å²) < 4.78 is 4.70. The Labute approximate surface area is 103 Å². The van der Waals surface area contributed by atoms with E-state index in [1.807, 2.05) is 18.2 Å². The normalized spacial score (nSPS) is 10.5. The van der Waals surface area contributed by atoms with Crippen LogP contribution >= 0.6 is 0 Å². The number of esters is 1. The third kappa shape index (κ3) is 5.50. The lowest BCUT2D eigenvalue weighted by atomic mass is 10.1. The van der Waals surface area contributed by atoms with Crippen LogP contribution in [0.15, 0.2) is 30.3 Å². The van der Waals surface area contributed by atoms with Gasteiger partial charge in [0.25, 0.3) is 0 Å². The molecule has 94 valence electrons. The Hall–Kier alpha value is -1.35. The van der Waals surface area contributed by atoms with Gasteiger partial charge in [0.1, 0.15) is 0 Å². The van der Waals surface area contributed by atoms with Gasteiger partial charge in [-0.25, -0.2) is 0 Å². The first-order valence-corrected chi connectivity index (χ1v) is 6.09. The molecule has 0 fully saturated rings. The van der Waals surface area contributed by atoms with Gasteiger partial charge in [-0.2, -0.15) is 0 Å². The van der Waals surface area contributed by atoms with Gasteiger partial charge in [-0.1, -0.05) is 37.3 Å². The molecular formula is C14H21NO2. The minimum atomic E-state index is -0.161. The zero-order valence-corrected chi connectivity index (χ0v) is 10.7. The smallest absolute Gasteiger partial charge is 0.319 e. The summed E-state index contributed by atoms with van der Waals surface area (Å²) in [6.45, 7) is 4.33. The molecule has 3 nitrogen and oxygen atoms in total. The van der Waals surface area contributed by atoms with Crippen molar-refractivity contribution < 1.29 is 9.53 Å². The molecule has 1 aromatic carbocycles. The Morgan fingerprint density at radius 1 is 1.24 bits per heavy atom. The quantitative estimate of drug-likeness (QED) is 0.678. The summed E-state index contributed by atoms with van der Waals surface area (Å²) in [6, 6.07) is 10.3. The van der Waals surface area contributed by atoms with E-state index < -0.39 is 0 Å². The second kappa shape index (κ2) is 7.85. The predicted molar refractivity (Wildman–Crippen MR) is 68.9 cm³/mol. The maximum absolute atomic E-state index is 11.2. The fourth-order valence-corrected chi connectivity index (χ4v) is 1.77. The molecule has 0 saturated carbocycles. The fraction of sp³-hybridized carbons (Fsp3) is 0.500. The maximum Gasteiger partial charge on any atom is 0.319 e. The topological polar surface area (TPSA) is 29.5 Å². The lowest BCUT2D eigenvalue weighted by Gasteiger charge is -2.20. The zero-order valence-electron chi connectivity index (χ0n) is 10.7. The van der Waals surface area contributed by atoms with Crippen molar-refractivity contribution in [2.24, 2.45) is 0 Å². The zero-order chi connectivity index (χ0) is 12.5. The highest BCUT2D eigenvalue weighted by Crippen LogP contribution is 2.02. The summed E-state index contributed by atoms with van der Waals surface area (Å²) in [5, 5.41) is 0. The van der Waals surface area contributed by atoms with E-state index in [0.717, 1.165) is 25.9 Å². The van der Waals surface area contributed by atoms with Crippen molar-refractivity contribution in [3.8, 4) is 0 Å². The lowest BCUT2D eigenvalue weighted by Crippen LogP contribution is -2.33. The van der Waals surface area contributed by atoms with Crippen molar-refractivity contribution in [1.29, 1.82) is 0 Å². The van der Waals surface area contributed by atoms with Gasteiger partial charge in [-0.15, -0.1) is 0 Å². The average Bonchev–Trinajstić information content (AvgIpc) is 2.37. The van der Waals surface area contributed by atoms with Gasteiger partial charge in [-0.05, 0) is 24.9 Å². The summed E-state index contributed by atoms with van der Waals surface area (Å²) in [6.07, 6.45) is 2.02. The number of benzene rings is 1. The van der Waals surface area contributed by atoms with Crippen LogP contribution in [0.1, 0.15) is 18.9 Å². The summed E-state index contributed by atoms with van der Waals surface area (Å²) >= 11 is 0. The summed E-state index contributed by atoms with van der Waals surface area (Å²) in [5.41, 5.74) is 1.30. The van der Waals surface area contributed by atoms with Crippen LogP contribution in [0.2, 0.25) is 0 Å². The van der Waals surface area contributed by atoms with Crippen LogP contribution in [0.5, 0.6) is 0 Å². The molecule has 0 heterocycles. The van der Waals surface area contributed by atoms with Gasteiger partial charge >= 0.3 is 5.97 Å². The molecule has 0 saturated heterocycles. The van der Waals surface area contributed by atoms with Crippen molar-refractivity contribution in [2.45, 2.75) is 19.8 Å². The van der Waals surface area contributed by atoms with Gasteiger partial charge in [0.15, 0.2) is 0 Å². The van der Waals surface area contributed by atoms with Crippen LogP contribution in [0.3, 0.4) is 0 Å². The van der Waals surface area contributed by atoms with Crippen molar-refractivity contribution in [3.63, 3.8) is 0 Å². The highest BCUT2D eigenvalue weighted by atomic mass is 16.5. The number of hydrogen-bond donors (Lipinski definition) is 0. The summed E-state index contributed by atoms with van der Waals surface area (Å²) in [7, 11) is 1.43. The minimum absolute atomic E-state index is 0.161. The number of carbonyl (C=O) groups is 1. The Kier molecular flexibility index (Phi) is 6.33. The molecule has 0 aliphatic carbocycles. The monoisotopic (exact) mass is 235 g/mol. The van der Waals surface area contributed by atoms with Gasteiger partial charge in [0.05, 0.1) is 13.7 Å².